The number of amides is 2. The van der Waals surface area contributed by atoms with Gasteiger partial charge in [0, 0.05) is 22.8 Å². The number of hydrogen-bond acceptors (Lipinski definition) is 2. The summed E-state index contributed by atoms with van der Waals surface area (Å²) in [5, 5.41) is 2.85. The van der Waals surface area contributed by atoms with Crippen LogP contribution in [-0.4, -0.2) is 18.4 Å². The molecular weight excluding hydrogens is 356 g/mol. The van der Waals surface area contributed by atoms with E-state index in [1.807, 2.05) is 56.3 Å². The zero-order chi connectivity index (χ0) is 17.0. The van der Waals surface area contributed by atoms with E-state index in [4.69, 9.17) is 0 Å². The lowest BCUT2D eigenvalue weighted by Crippen LogP contribution is -2.36. The first-order valence-corrected chi connectivity index (χ1v) is 8.07. The number of nitrogens with one attached hydrogen (secondary N) is 1. The third kappa shape index (κ3) is 4.42. The van der Waals surface area contributed by atoms with Gasteiger partial charge in [0.15, 0.2) is 0 Å². The summed E-state index contributed by atoms with van der Waals surface area (Å²) in [4.78, 5) is 25.7. The van der Waals surface area contributed by atoms with Crippen LogP contribution in [0.2, 0.25) is 0 Å². The molecule has 0 aliphatic heterocycles. The molecule has 5 heteroatoms. The summed E-state index contributed by atoms with van der Waals surface area (Å²) < 4.78 is 0.967. The van der Waals surface area contributed by atoms with Gasteiger partial charge in [-0.15, -0.1) is 0 Å². The van der Waals surface area contributed by atoms with Crippen molar-refractivity contribution in [2.24, 2.45) is 0 Å². The van der Waals surface area contributed by atoms with Crippen LogP contribution < -0.4 is 10.2 Å². The summed E-state index contributed by atoms with van der Waals surface area (Å²) >= 11 is 3.44. The van der Waals surface area contributed by atoms with Crippen molar-refractivity contribution in [3.05, 3.63) is 58.1 Å². The normalized spacial score (nSPS) is 10.3. The van der Waals surface area contributed by atoms with Gasteiger partial charge in [0.25, 0.3) is 0 Å². The van der Waals surface area contributed by atoms with Gasteiger partial charge in [0.1, 0.15) is 6.54 Å². The number of anilines is 2. The summed E-state index contributed by atoms with van der Waals surface area (Å²) in [7, 11) is 0. The highest BCUT2D eigenvalue weighted by Crippen LogP contribution is 2.23. The molecule has 2 rings (SSSR count). The van der Waals surface area contributed by atoms with E-state index >= 15 is 0 Å². The number of nitrogens with zero attached hydrogens (tertiary/aromatic N) is 1. The molecule has 2 aromatic rings. The van der Waals surface area contributed by atoms with Gasteiger partial charge >= 0.3 is 0 Å². The molecule has 0 aliphatic rings. The van der Waals surface area contributed by atoms with Crippen molar-refractivity contribution in [3.8, 4) is 0 Å². The van der Waals surface area contributed by atoms with Crippen LogP contribution in [0.4, 0.5) is 11.4 Å². The fourth-order valence-corrected chi connectivity index (χ4v) is 2.47. The van der Waals surface area contributed by atoms with Gasteiger partial charge in [-0.1, -0.05) is 34.1 Å². The van der Waals surface area contributed by atoms with Gasteiger partial charge in [-0.2, -0.15) is 0 Å². The lowest BCUT2D eigenvalue weighted by molar-refractivity contribution is -0.120. The first kappa shape index (κ1) is 17.2. The smallest absolute Gasteiger partial charge is 0.244 e. The van der Waals surface area contributed by atoms with Crippen molar-refractivity contribution in [2.45, 2.75) is 20.8 Å². The number of halogens is 1. The van der Waals surface area contributed by atoms with Gasteiger partial charge in [-0.05, 0) is 49.2 Å². The number of aryl methyl sites for hydroxylation is 2. The fraction of sp³-hybridized carbons (Fsp3) is 0.222. The van der Waals surface area contributed by atoms with E-state index in [0.717, 1.165) is 21.3 Å². The maximum atomic E-state index is 12.3. The molecule has 0 aromatic heterocycles. The summed E-state index contributed by atoms with van der Waals surface area (Å²) in [6.45, 7) is 5.30. The van der Waals surface area contributed by atoms with Crippen LogP contribution >= 0.6 is 15.9 Å². The third-order valence-corrected chi connectivity index (χ3v) is 4.44. The SMILES string of the molecule is CC(=O)N(CC(=O)Nc1ccccc1C)c1ccc(Br)c(C)c1. The first-order chi connectivity index (χ1) is 10.9. The standard InChI is InChI=1S/C18H19BrN2O2/c1-12-6-4-5-7-17(12)20-18(23)11-21(14(3)22)15-8-9-16(19)13(2)10-15/h4-10H,11H2,1-3H3,(H,20,23). The number of hydrogen-bond donors (Lipinski definition) is 1. The average molecular weight is 375 g/mol. The van der Waals surface area contributed by atoms with Crippen molar-refractivity contribution in [1.82, 2.24) is 0 Å². The second-order valence-corrected chi connectivity index (χ2v) is 6.26. The van der Waals surface area contributed by atoms with Crippen LogP contribution in [0.1, 0.15) is 18.1 Å². The topological polar surface area (TPSA) is 49.4 Å². The molecule has 0 fully saturated rings. The Morgan fingerprint density at radius 3 is 2.39 bits per heavy atom. The lowest BCUT2D eigenvalue weighted by Gasteiger charge is -2.21. The maximum Gasteiger partial charge on any atom is 0.244 e. The van der Waals surface area contributed by atoms with Gasteiger partial charge in [0.2, 0.25) is 11.8 Å². The number of rotatable bonds is 4. The zero-order valence-electron chi connectivity index (χ0n) is 13.4. The summed E-state index contributed by atoms with van der Waals surface area (Å²) in [5.74, 6) is -0.401. The molecule has 0 radical (unpaired) electrons. The van der Waals surface area contributed by atoms with Crippen LogP contribution in [0.5, 0.6) is 0 Å². The Kier molecular flexibility index (Phi) is 5.55. The molecular formula is C18H19BrN2O2. The summed E-state index contributed by atoms with van der Waals surface area (Å²) in [6.07, 6.45) is 0. The zero-order valence-corrected chi connectivity index (χ0v) is 15.0. The van der Waals surface area contributed by atoms with E-state index in [-0.39, 0.29) is 18.4 Å². The van der Waals surface area contributed by atoms with Crippen molar-refractivity contribution >= 4 is 39.1 Å². The van der Waals surface area contributed by atoms with Crippen LogP contribution in [0, 0.1) is 13.8 Å². The third-order valence-electron chi connectivity index (χ3n) is 3.55. The van der Waals surface area contributed by atoms with Crippen LogP contribution in [0.3, 0.4) is 0 Å². The van der Waals surface area contributed by atoms with Crippen molar-refractivity contribution in [2.75, 3.05) is 16.8 Å². The number of benzene rings is 2. The minimum atomic E-state index is -0.227. The number of carbonyl (C=O) groups excluding carboxylic acids is 2. The van der Waals surface area contributed by atoms with E-state index in [2.05, 4.69) is 21.2 Å². The second-order valence-electron chi connectivity index (χ2n) is 5.40. The minimum absolute atomic E-state index is 0.0231. The average Bonchev–Trinajstić information content (AvgIpc) is 2.50. The molecule has 0 saturated heterocycles. The van der Waals surface area contributed by atoms with Crippen LogP contribution in [0.15, 0.2) is 46.9 Å². The fourth-order valence-electron chi connectivity index (χ4n) is 2.23. The highest BCUT2D eigenvalue weighted by atomic mass is 79.9. The molecule has 0 saturated carbocycles. The number of para-hydroxylation sites is 1. The Bertz CT molecular complexity index is 744. The van der Waals surface area contributed by atoms with Gasteiger partial charge < -0.3 is 10.2 Å². The molecule has 120 valence electrons. The Morgan fingerprint density at radius 1 is 1.09 bits per heavy atom. The molecule has 1 N–H and O–H groups in total. The van der Waals surface area contributed by atoms with Gasteiger partial charge in [-0.25, -0.2) is 0 Å². The molecule has 4 nitrogen and oxygen atoms in total. The van der Waals surface area contributed by atoms with Crippen molar-refractivity contribution < 1.29 is 9.59 Å². The van der Waals surface area contributed by atoms with Gasteiger partial charge in [0.05, 0.1) is 0 Å². The van der Waals surface area contributed by atoms with Crippen LogP contribution in [-0.2, 0) is 9.59 Å². The molecule has 0 bridgehead atoms. The van der Waals surface area contributed by atoms with E-state index in [1.54, 1.807) is 0 Å². The lowest BCUT2D eigenvalue weighted by atomic mass is 10.2. The van der Waals surface area contributed by atoms with Crippen molar-refractivity contribution in [3.63, 3.8) is 0 Å². The highest BCUT2D eigenvalue weighted by Gasteiger charge is 2.17. The number of carbonyl (C=O) groups is 2. The van der Waals surface area contributed by atoms with Crippen LogP contribution in [0.25, 0.3) is 0 Å². The Hall–Kier alpha value is -2.14. The molecule has 2 amide bonds. The molecule has 23 heavy (non-hydrogen) atoms. The molecule has 0 aliphatic carbocycles. The van der Waals surface area contributed by atoms with E-state index < -0.39 is 0 Å². The summed E-state index contributed by atoms with van der Waals surface area (Å²) in [6, 6.07) is 13.1. The first-order valence-electron chi connectivity index (χ1n) is 7.28. The Morgan fingerprint density at radius 2 is 1.78 bits per heavy atom. The monoisotopic (exact) mass is 374 g/mol. The largest absolute Gasteiger partial charge is 0.324 e. The molecule has 2 aromatic carbocycles. The molecule has 0 unspecified atom stereocenters. The Labute approximate surface area is 144 Å². The quantitative estimate of drug-likeness (QED) is 0.876. The molecule has 0 atom stereocenters. The maximum absolute atomic E-state index is 12.3. The summed E-state index contributed by atoms with van der Waals surface area (Å²) in [5.41, 5.74) is 3.45. The molecule has 0 heterocycles. The highest BCUT2D eigenvalue weighted by molar-refractivity contribution is 9.10. The van der Waals surface area contributed by atoms with E-state index in [0.29, 0.717) is 5.69 Å². The molecule has 0 spiro atoms. The van der Waals surface area contributed by atoms with Gasteiger partial charge in [-0.3, -0.25) is 9.59 Å². The predicted octanol–water partition coefficient (Wildman–Crippen LogP) is 4.06. The van der Waals surface area contributed by atoms with E-state index in [9.17, 15) is 9.59 Å². The Balaban J connectivity index is 2.16. The minimum Gasteiger partial charge on any atom is -0.324 e. The van der Waals surface area contributed by atoms with E-state index in [1.165, 1.54) is 11.8 Å². The second kappa shape index (κ2) is 7.42. The predicted molar refractivity (Wildman–Crippen MR) is 96.7 cm³/mol. The van der Waals surface area contributed by atoms with Crippen molar-refractivity contribution in [1.29, 1.82) is 0 Å².